The normalized spacial score (nSPS) is 15.8. The van der Waals surface area contributed by atoms with Gasteiger partial charge in [0.2, 0.25) is 0 Å². The second-order valence-corrected chi connectivity index (χ2v) is 5.72. The number of amides is 2. The Bertz CT molecular complexity index is 443. The largest absolute Gasteiger partial charge is 0.480 e. The van der Waals surface area contributed by atoms with E-state index in [1.165, 1.54) is 0 Å². The van der Waals surface area contributed by atoms with E-state index in [-0.39, 0.29) is 12.1 Å². The quantitative estimate of drug-likeness (QED) is 0.841. The SMILES string of the molecule is CCC(NC(=O)N(Cc1cccs1)C1CC1)C(=O)O. The number of carbonyl (C=O) groups excluding carboxylic acids is 1. The third kappa shape index (κ3) is 3.70. The molecule has 1 aromatic heterocycles. The highest BCUT2D eigenvalue weighted by molar-refractivity contribution is 7.09. The Labute approximate surface area is 116 Å². The van der Waals surface area contributed by atoms with Crippen molar-refractivity contribution in [3.63, 3.8) is 0 Å². The van der Waals surface area contributed by atoms with Crippen molar-refractivity contribution in [1.82, 2.24) is 10.2 Å². The minimum atomic E-state index is -0.984. The number of aliphatic carboxylic acids is 1. The van der Waals surface area contributed by atoms with Crippen LogP contribution in [0.5, 0.6) is 0 Å². The molecule has 0 radical (unpaired) electrons. The van der Waals surface area contributed by atoms with Crippen molar-refractivity contribution in [3.8, 4) is 0 Å². The number of rotatable bonds is 6. The van der Waals surface area contributed by atoms with Crippen molar-refractivity contribution >= 4 is 23.3 Å². The topological polar surface area (TPSA) is 69.6 Å². The molecule has 1 aliphatic carbocycles. The van der Waals surface area contributed by atoms with Gasteiger partial charge < -0.3 is 15.3 Å². The summed E-state index contributed by atoms with van der Waals surface area (Å²) in [7, 11) is 0. The summed E-state index contributed by atoms with van der Waals surface area (Å²) in [5.41, 5.74) is 0. The second-order valence-electron chi connectivity index (χ2n) is 4.69. The van der Waals surface area contributed by atoms with Crippen molar-refractivity contribution in [2.24, 2.45) is 0 Å². The van der Waals surface area contributed by atoms with Gasteiger partial charge in [0.25, 0.3) is 0 Å². The molecule has 6 heteroatoms. The highest BCUT2D eigenvalue weighted by atomic mass is 32.1. The van der Waals surface area contributed by atoms with E-state index < -0.39 is 12.0 Å². The average Bonchev–Trinajstić information content (AvgIpc) is 3.09. The summed E-state index contributed by atoms with van der Waals surface area (Å²) in [6, 6.07) is 3.12. The summed E-state index contributed by atoms with van der Waals surface area (Å²) in [4.78, 5) is 26.0. The van der Waals surface area contributed by atoms with E-state index in [2.05, 4.69) is 5.32 Å². The molecule has 19 heavy (non-hydrogen) atoms. The van der Waals surface area contributed by atoms with Crippen molar-refractivity contribution in [1.29, 1.82) is 0 Å². The van der Waals surface area contributed by atoms with Crippen LogP contribution in [0.4, 0.5) is 4.79 Å². The van der Waals surface area contributed by atoms with E-state index in [1.807, 2.05) is 17.5 Å². The van der Waals surface area contributed by atoms with Crippen LogP contribution in [-0.4, -0.2) is 34.1 Å². The number of urea groups is 1. The zero-order valence-electron chi connectivity index (χ0n) is 10.8. The number of thiophene rings is 1. The molecule has 1 fully saturated rings. The number of carboxylic acids is 1. The molecule has 0 aromatic carbocycles. The van der Waals surface area contributed by atoms with E-state index in [0.29, 0.717) is 13.0 Å². The monoisotopic (exact) mass is 282 g/mol. The first-order chi connectivity index (χ1) is 9.11. The van der Waals surface area contributed by atoms with E-state index in [9.17, 15) is 9.59 Å². The molecule has 0 aliphatic heterocycles. The highest BCUT2D eigenvalue weighted by Gasteiger charge is 2.34. The maximum Gasteiger partial charge on any atom is 0.326 e. The van der Waals surface area contributed by atoms with E-state index >= 15 is 0 Å². The summed E-state index contributed by atoms with van der Waals surface area (Å²) < 4.78 is 0. The first-order valence-corrected chi connectivity index (χ1v) is 7.32. The minimum absolute atomic E-state index is 0.258. The molecule has 2 rings (SSSR count). The Morgan fingerprint density at radius 2 is 2.32 bits per heavy atom. The van der Waals surface area contributed by atoms with Crippen molar-refractivity contribution in [2.45, 2.75) is 44.8 Å². The molecule has 0 bridgehead atoms. The molecule has 104 valence electrons. The zero-order chi connectivity index (χ0) is 13.8. The number of nitrogens with zero attached hydrogens (tertiary/aromatic N) is 1. The molecular formula is C13H18N2O3S. The fourth-order valence-electron chi connectivity index (χ4n) is 1.89. The molecule has 1 aliphatic rings. The van der Waals surface area contributed by atoms with E-state index in [1.54, 1.807) is 23.2 Å². The molecule has 0 saturated heterocycles. The molecule has 1 atom stereocenters. The minimum Gasteiger partial charge on any atom is -0.480 e. The predicted octanol–water partition coefficient (Wildman–Crippen LogP) is 2.29. The molecule has 1 aromatic rings. The average molecular weight is 282 g/mol. The van der Waals surface area contributed by atoms with Gasteiger partial charge in [0.05, 0.1) is 6.54 Å². The summed E-state index contributed by atoms with van der Waals surface area (Å²) in [6.07, 6.45) is 2.39. The second kappa shape index (κ2) is 6.06. The summed E-state index contributed by atoms with van der Waals surface area (Å²) in [5, 5.41) is 13.6. The molecule has 2 amide bonds. The van der Waals surface area contributed by atoms with Gasteiger partial charge in [-0.15, -0.1) is 11.3 Å². The van der Waals surface area contributed by atoms with Crippen LogP contribution in [0.1, 0.15) is 31.1 Å². The first-order valence-electron chi connectivity index (χ1n) is 6.44. The van der Waals surface area contributed by atoms with Gasteiger partial charge in [0.15, 0.2) is 0 Å². The lowest BCUT2D eigenvalue weighted by Gasteiger charge is -2.24. The Morgan fingerprint density at radius 1 is 1.58 bits per heavy atom. The van der Waals surface area contributed by atoms with Gasteiger partial charge in [-0.05, 0) is 30.7 Å². The van der Waals surface area contributed by atoms with Gasteiger partial charge in [-0.2, -0.15) is 0 Å². The number of hydrogen-bond donors (Lipinski definition) is 2. The van der Waals surface area contributed by atoms with E-state index in [0.717, 1.165) is 17.7 Å². The van der Waals surface area contributed by atoms with Gasteiger partial charge in [0.1, 0.15) is 6.04 Å². The van der Waals surface area contributed by atoms with Gasteiger partial charge in [-0.1, -0.05) is 13.0 Å². The summed E-state index contributed by atoms with van der Waals surface area (Å²) in [6.45, 7) is 2.31. The number of hydrogen-bond acceptors (Lipinski definition) is 3. The number of carboxylic acid groups (broad SMARTS) is 1. The van der Waals surface area contributed by atoms with Crippen LogP contribution in [0.25, 0.3) is 0 Å². The van der Waals surface area contributed by atoms with Gasteiger partial charge >= 0.3 is 12.0 Å². The van der Waals surface area contributed by atoms with Crippen molar-refractivity contribution in [2.75, 3.05) is 0 Å². The first kappa shape index (κ1) is 13.9. The lowest BCUT2D eigenvalue weighted by atomic mass is 10.2. The number of nitrogens with one attached hydrogen (secondary N) is 1. The maximum atomic E-state index is 12.2. The van der Waals surface area contributed by atoms with Gasteiger partial charge in [-0.25, -0.2) is 9.59 Å². The third-order valence-electron chi connectivity index (χ3n) is 3.16. The smallest absolute Gasteiger partial charge is 0.326 e. The summed E-state index contributed by atoms with van der Waals surface area (Å²) >= 11 is 1.61. The van der Waals surface area contributed by atoms with Crippen molar-refractivity contribution in [3.05, 3.63) is 22.4 Å². The van der Waals surface area contributed by atoms with Crippen LogP contribution >= 0.6 is 11.3 Å². The Morgan fingerprint density at radius 3 is 2.79 bits per heavy atom. The highest BCUT2D eigenvalue weighted by Crippen LogP contribution is 2.29. The molecule has 5 nitrogen and oxygen atoms in total. The molecule has 1 heterocycles. The molecule has 1 saturated carbocycles. The molecule has 2 N–H and O–H groups in total. The Kier molecular flexibility index (Phi) is 4.42. The van der Waals surface area contributed by atoms with Gasteiger partial charge in [0, 0.05) is 10.9 Å². The standard InChI is InChI=1S/C13H18N2O3S/c1-2-11(12(16)17)14-13(18)15(9-5-6-9)8-10-4-3-7-19-10/h3-4,7,9,11H,2,5-6,8H2,1H3,(H,14,18)(H,16,17). The van der Waals surface area contributed by atoms with Crippen LogP contribution < -0.4 is 5.32 Å². The van der Waals surface area contributed by atoms with Crippen LogP contribution in [0, 0.1) is 0 Å². The van der Waals surface area contributed by atoms with E-state index in [4.69, 9.17) is 5.11 Å². The van der Waals surface area contributed by atoms with Crippen LogP contribution in [0.15, 0.2) is 17.5 Å². The van der Waals surface area contributed by atoms with Crippen LogP contribution in [0.3, 0.4) is 0 Å². The lowest BCUT2D eigenvalue weighted by molar-refractivity contribution is -0.139. The molecule has 0 spiro atoms. The zero-order valence-corrected chi connectivity index (χ0v) is 11.7. The van der Waals surface area contributed by atoms with Crippen LogP contribution in [-0.2, 0) is 11.3 Å². The fourth-order valence-corrected chi connectivity index (χ4v) is 2.60. The lowest BCUT2D eigenvalue weighted by Crippen LogP contribution is -2.48. The molecule has 1 unspecified atom stereocenters. The molecular weight excluding hydrogens is 264 g/mol. The Balaban J connectivity index is 1.98. The third-order valence-corrected chi connectivity index (χ3v) is 4.02. The van der Waals surface area contributed by atoms with Crippen molar-refractivity contribution < 1.29 is 14.7 Å². The predicted molar refractivity (Wildman–Crippen MR) is 73.1 cm³/mol. The van der Waals surface area contributed by atoms with Crippen LogP contribution in [0.2, 0.25) is 0 Å². The maximum absolute atomic E-state index is 12.2. The fraction of sp³-hybridized carbons (Fsp3) is 0.538. The number of carbonyl (C=O) groups is 2. The van der Waals surface area contributed by atoms with Gasteiger partial charge in [-0.3, -0.25) is 0 Å². The summed E-state index contributed by atoms with van der Waals surface area (Å²) in [5.74, 6) is -0.984. The Hall–Kier alpha value is -1.56.